The summed E-state index contributed by atoms with van der Waals surface area (Å²) in [4.78, 5) is 0. The minimum Gasteiger partial charge on any atom is -0.359 e. The van der Waals surface area contributed by atoms with E-state index in [1.165, 1.54) is 14.2 Å². The summed E-state index contributed by atoms with van der Waals surface area (Å²) in [5.41, 5.74) is 0. The van der Waals surface area contributed by atoms with Crippen molar-refractivity contribution in [3.8, 4) is 0 Å². The molecule has 0 aromatic carbocycles. The van der Waals surface area contributed by atoms with Crippen LogP contribution in [0, 0.1) is 0 Å². The third kappa shape index (κ3) is 7.67. The highest BCUT2D eigenvalue weighted by Gasteiger charge is 2.42. The summed E-state index contributed by atoms with van der Waals surface area (Å²) in [7, 11) is 2.65. The molecule has 0 aliphatic heterocycles. The van der Waals surface area contributed by atoms with E-state index in [0.29, 0.717) is 0 Å². The van der Waals surface area contributed by atoms with Crippen LogP contribution >= 0.6 is 69.6 Å². The van der Waals surface area contributed by atoms with Crippen LogP contribution in [0.25, 0.3) is 0 Å². The van der Waals surface area contributed by atoms with Crippen LogP contribution in [0.2, 0.25) is 0 Å². The van der Waals surface area contributed by atoms with Crippen LogP contribution in [0.5, 0.6) is 0 Å². The molecule has 0 fully saturated rings. The van der Waals surface area contributed by atoms with E-state index >= 15 is 0 Å². The standard InChI is InChI=1S/C7H10Cl6O4/c1-14-3-16-5(7(11,12)13)17-4(15-2)6(8,9)10/h4-5H,3H2,1-2H3. The molecule has 104 valence electrons. The third-order valence-electron chi connectivity index (χ3n) is 1.33. The van der Waals surface area contributed by atoms with Crippen molar-refractivity contribution in [2.45, 2.75) is 20.2 Å². The maximum Gasteiger partial charge on any atom is 0.241 e. The normalized spacial score (nSPS) is 16.9. The predicted molar refractivity (Wildman–Crippen MR) is 69.2 cm³/mol. The summed E-state index contributed by atoms with van der Waals surface area (Å²) in [6.45, 7) is -0.172. The SMILES string of the molecule is COCOC(OC(OC)C(Cl)(Cl)Cl)C(Cl)(Cl)Cl. The molecule has 0 rings (SSSR count). The molecule has 4 nitrogen and oxygen atoms in total. The Bertz CT molecular complexity index is 215. The van der Waals surface area contributed by atoms with Gasteiger partial charge in [-0.05, 0) is 0 Å². The summed E-state index contributed by atoms with van der Waals surface area (Å²) in [5.74, 6) is 0. The molecule has 0 radical (unpaired) electrons. The maximum atomic E-state index is 5.63. The van der Waals surface area contributed by atoms with Crippen LogP contribution in [-0.4, -0.2) is 41.2 Å². The van der Waals surface area contributed by atoms with Gasteiger partial charge >= 0.3 is 0 Å². The fourth-order valence-corrected chi connectivity index (χ4v) is 1.48. The van der Waals surface area contributed by atoms with E-state index in [0.717, 1.165) is 0 Å². The van der Waals surface area contributed by atoms with E-state index in [1.807, 2.05) is 0 Å². The highest BCUT2D eigenvalue weighted by molar-refractivity contribution is 6.68. The molecule has 0 aliphatic carbocycles. The lowest BCUT2D eigenvalue weighted by Gasteiger charge is -2.30. The molecule has 17 heavy (non-hydrogen) atoms. The van der Waals surface area contributed by atoms with Crippen molar-refractivity contribution >= 4 is 69.6 Å². The fourth-order valence-electron chi connectivity index (χ4n) is 0.719. The summed E-state index contributed by atoms with van der Waals surface area (Å²) < 4.78 is 15.8. The van der Waals surface area contributed by atoms with Gasteiger partial charge in [0.15, 0.2) is 0 Å². The van der Waals surface area contributed by atoms with Crippen LogP contribution < -0.4 is 0 Å². The Morgan fingerprint density at radius 1 is 0.882 bits per heavy atom. The van der Waals surface area contributed by atoms with Gasteiger partial charge in [0.05, 0.1) is 0 Å². The minimum atomic E-state index is -1.90. The van der Waals surface area contributed by atoms with Crippen LogP contribution in [0.3, 0.4) is 0 Å². The molecular formula is C7H10Cl6O4. The molecule has 0 bridgehead atoms. The average molecular weight is 371 g/mol. The first-order valence-electron chi connectivity index (χ1n) is 4.05. The van der Waals surface area contributed by atoms with Crippen LogP contribution in [0.4, 0.5) is 0 Å². The molecule has 0 saturated carbocycles. The Labute approximate surface area is 129 Å². The minimum absolute atomic E-state index is 0.172. The molecule has 2 atom stereocenters. The van der Waals surface area contributed by atoms with Crippen molar-refractivity contribution in [3.05, 3.63) is 0 Å². The van der Waals surface area contributed by atoms with Crippen molar-refractivity contribution in [1.29, 1.82) is 0 Å². The lowest BCUT2D eigenvalue weighted by Crippen LogP contribution is -2.41. The number of ether oxygens (including phenoxy) is 4. The molecule has 0 aliphatic rings. The Kier molecular flexibility index (Phi) is 8.74. The molecule has 0 amide bonds. The van der Waals surface area contributed by atoms with Gasteiger partial charge in [0.1, 0.15) is 6.79 Å². The molecule has 0 spiro atoms. The predicted octanol–water partition coefficient (Wildman–Crippen LogP) is 3.66. The van der Waals surface area contributed by atoms with Gasteiger partial charge in [-0.25, -0.2) is 0 Å². The number of methoxy groups -OCH3 is 2. The lowest BCUT2D eigenvalue weighted by atomic mass is 10.6. The highest BCUT2D eigenvalue weighted by Crippen LogP contribution is 2.38. The molecule has 10 heteroatoms. The monoisotopic (exact) mass is 368 g/mol. The number of hydrogen-bond donors (Lipinski definition) is 0. The molecule has 0 saturated heterocycles. The van der Waals surface area contributed by atoms with E-state index in [9.17, 15) is 0 Å². The number of hydrogen-bond acceptors (Lipinski definition) is 4. The third-order valence-corrected chi connectivity index (χ3v) is 2.40. The number of halogens is 6. The van der Waals surface area contributed by atoms with E-state index in [-0.39, 0.29) is 6.79 Å². The van der Waals surface area contributed by atoms with Crippen molar-refractivity contribution < 1.29 is 18.9 Å². The largest absolute Gasteiger partial charge is 0.359 e. The Balaban J connectivity index is 4.61. The Morgan fingerprint density at radius 3 is 1.65 bits per heavy atom. The average Bonchev–Trinajstić information content (AvgIpc) is 2.14. The van der Waals surface area contributed by atoms with Gasteiger partial charge in [0, 0.05) is 14.2 Å². The zero-order chi connectivity index (χ0) is 13.7. The highest BCUT2D eigenvalue weighted by atomic mass is 35.6. The number of rotatable bonds is 6. The Morgan fingerprint density at radius 2 is 1.35 bits per heavy atom. The van der Waals surface area contributed by atoms with E-state index in [1.54, 1.807) is 0 Å². The van der Waals surface area contributed by atoms with Gasteiger partial charge < -0.3 is 18.9 Å². The summed E-state index contributed by atoms with van der Waals surface area (Å²) in [5, 5.41) is 0. The van der Waals surface area contributed by atoms with Crippen molar-refractivity contribution in [2.24, 2.45) is 0 Å². The van der Waals surface area contributed by atoms with Crippen molar-refractivity contribution in [3.63, 3.8) is 0 Å². The topological polar surface area (TPSA) is 36.9 Å². The smallest absolute Gasteiger partial charge is 0.241 e. The second kappa shape index (κ2) is 8.00. The van der Waals surface area contributed by atoms with E-state index < -0.39 is 20.2 Å². The Hall–Kier alpha value is 1.58. The molecule has 0 aromatic heterocycles. The zero-order valence-electron chi connectivity index (χ0n) is 8.76. The van der Waals surface area contributed by atoms with Gasteiger partial charge in [0.2, 0.25) is 20.2 Å². The van der Waals surface area contributed by atoms with Gasteiger partial charge in [-0.3, -0.25) is 0 Å². The van der Waals surface area contributed by atoms with Gasteiger partial charge in [-0.1, -0.05) is 69.6 Å². The summed E-state index contributed by atoms with van der Waals surface area (Å²) >= 11 is 33.7. The molecule has 0 aromatic rings. The first-order chi connectivity index (χ1) is 7.62. The molecule has 0 N–H and O–H groups in total. The maximum absolute atomic E-state index is 5.63. The first kappa shape index (κ1) is 18.6. The van der Waals surface area contributed by atoms with Crippen molar-refractivity contribution in [2.75, 3.05) is 21.0 Å². The van der Waals surface area contributed by atoms with E-state index in [4.69, 9.17) is 83.8 Å². The zero-order valence-corrected chi connectivity index (χ0v) is 13.3. The lowest BCUT2D eigenvalue weighted by molar-refractivity contribution is -0.254. The van der Waals surface area contributed by atoms with E-state index in [2.05, 4.69) is 4.74 Å². The molecule has 0 heterocycles. The number of alkyl halides is 6. The molecule has 2 unspecified atom stereocenters. The van der Waals surface area contributed by atoms with Gasteiger partial charge in [0.25, 0.3) is 0 Å². The second-order valence-corrected chi connectivity index (χ2v) is 7.43. The second-order valence-electron chi connectivity index (χ2n) is 2.69. The van der Waals surface area contributed by atoms with Crippen LogP contribution in [-0.2, 0) is 18.9 Å². The van der Waals surface area contributed by atoms with Gasteiger partial charge in [-0.2, -0.15) is 0 Å². The first-order valence-corrected chi connectivity index (χ1v) is 6.32. The van der Waals surface area contributed by atoms with Crippen molar-refractivity contribution in [1.82, 2.24) is 0 Å². The summed E-state index contributed by atoms with van der Waals surface area (Å²) in [6, 6.07) is 0. The van der Waals surface area contributed by atoms with Crippen LogP contribution in [0.1, 0.15) is 0 Å². The quantitative estimate of drug-likeness (QED) is 0.528. The van der Waals surface area contributed by atoms with Crippen LogP contribution in [0.15, 0.2) is 0 Å². The fraction of sp³-hybridized carbons (Fsp3) is 1.00. The van der Waals surface area contributed by atoms with Gasteiger partial charge in [-0.15, -0.1) is 0 Å². The summed E-state index contributed by atoms with van der Waals surface area (Å²) in [6.07, 6.45) is -2.60. The molecular weight excluding hydrogens is 361 g/mol.